The Hall–Kier alpha value is -0.830. The van der Waals surface area contributed by atoms with Gasteiger partial charge in [-0.3, -0.25) is 0 Å². The second-order valence-corrected chi connectivity index (χ2v) is 6.45. The monoisotopic (exact) mass is 248 g/mol. The van der Waals surface area contributed by atoms with Crippen molar-refractivity contribution in [2.75, 3.05) is 0 Å². The zero-order valence-corrected chi connectivity index (χ0v) is 11.3. The fourth-order valence-corrected chi connectivity index (χ4v) is 3.26. The average Bonchev–Trinajstić information content (AvgIpc) is 2.69. The highest BCUT2D eigenvalue weighted by atomic mass is 16.3. The van der Waals surface area contributed by atoms with Crippen LogP contribution in [0.2, 0.25) is 0 Å². The summed E-state index contributed by atoms with van der Waals surface area (Å²) in [5.41, 5.74) is -0.494. The van der Waals surface area contributed by atoms with E-state index in [9.17, 15) is 5.11 Å². The van der Waals surface area contributed by atoms with Crippen molar-refractivity contribution in [1.82, 2.24) is 9.55 Å². The molecule has 18 heavy (non-hydrogen) atoms. The Morgan fingerprint density at radius 2 is 2.06 bits per heavy atom. The summed E-state index contributed by atoms with van der Waals surface area (Å²) in [5, 5.41) is 10.7. The average molecular weight is 248 g/mol. The van der Waals surface area contributed by atoms with Crippen LogP contribution in [0.5, 0.6) is 0 Å². The molecule has 0 saturated heterocycles. The number of hydrogen-bond donors (Lipinski definition) is 1. The van der Waals surface area contributed by atoms with Crippen LogP contribution in [-0.2, 0) is 6.54 Å². The lowest BCUT2D eigenvalue weighted by atomic mass is 9.79. The molecule has 2 aliphatic carbocycles. The minimum atomic E-state index is -0.494. The second kappa shape index (κ2) is 4.69. The van der Waals surface area contributed by atoms with Crippen molar-refractivity contribution in [3.05, 3.63) is 18.2 Å². The maximum Gasteiger partial charge on any atom is 0.111 e. The molecule has 0 atom stereocenters. The SMILES string of the molecule is CC1CCC(O)(Cn2ccnc2C2CCC2)CC1. The highest BCUT2D eigenvalue weighted by Crippen LogP contribution is 2.37. The highest BCUT2D eigenvalue weighted by Gasteiger charge is 2.33. The maximum atomic E-state index is 10.7. The van der Waals surface area contributed by atoms with Gasteiger partial charge in [0.15, 0.2) is 0 Å². The Bertz CT molecular complexity index is 400. The summed E-state index contributed by atoms with van der Waals surface area (Å²) < 4.78 is 2.21. The third-order valence-electron chi connectivity index (χ3n) is 4.89. The van der Waals surface area contributed by atoms with Gasteiger partial charge >= 0.3 is 0 Å². The van der Waals surface area contributed by atoms with Crippen molar-refractivity contribution >= 4 is 0 Å². The molecule has 1 aromatic rings. The number of aliphatic hydroxyl groups is 1. The van der Waals surface area contributed by atoms with Crippen LogP contribution < -0.4 is 0 Å². The Labute approximate surface area is 109 Å². The molecule has 1 heterocycles. The van der Waals surface area contributed by atoms with Crippen molar-refractivity contribution in [2.45, 2.75) is 69.9 Å². The van der Waals surface area contributed by atoms with Crippen LogP contribution in [0.1, 0.15) is 63.6 Å². The Balaban J connectivity index is 1.70. The molecule has 3 heteroatoms. The Morgan fingerprint density at radius 1 is 1.33 bits per heavy atom. The van der Waals surface area contributed by atoms with Gasteiger partial charge in [-0.2, -0.15) is 0 Å². The van der Waals surface area contributed by atoms with Gasteiger partial charge in [-0.15, -0.1) is 0 Å². The fraction of sp³-hybridized carbons (Fsp3) is 0.800. The summed E-state index contributed by atoms with van der Waals surface area (Å²) in [5.74, 6) is 2.62. The number of aromatic nitrogens is 2. The quantitative estimate of drug-likeness (QED) is 0.892. The highest BCUT2D eigenvalue weighted by molar-refractivity contribution is 5.05. The summed E-state index contributed by atoms with van der Waals surface area (Å²) in [7, 11) is 0. The molecule has 3 rings (SSSR count). The van der Waals surface area contributed by atoms with E-state index in [0.29, 0.717) is 5.92 Å². The molecule has 0 bridgehead atoms. The lowest BCUT2D eigenvalue weighted by molar-refractivity contribution is -0.0227. The first-order chi connectivity index (χ1) is 8.66. The molecule has 3 nitrogen and oxygen atoms in total. The third-order valence-corrected chi connectivity index (χ3v) is 4.89. The van der Waals surface area contributed by atoms with E-state index in [0.717, 1.165) is 38.1 Å². The minimum Gasteiger partial charge on any atom is -0.388 e. The van der Waals surface area contributed by atoms with E-state index in [1.807, 2.05) is 12.4 Å². The van der Waals surface area contributed by atoms with Crippen LogP contribution in [0.15, 0.2) is 12.4 Å². The lowest BCUT2D eigenvalue weighted by Gasteiger charge is -2.36. The van der Waals surface area contributed by atoms with Crippen molar-refractivity contribution in [3.63, 3.8) is 0 Å². The molecule has 2 saturated carbocycles. The molecule has 1 N–H and O–H groups in total. The predicted octanol–water partition coefficient (Wildman–Crippen LogP) is 3.09. The zero-order valence-electron chi connectivity index (χ0n) is 11.3. The van der Waals surface area contributed by atoms with E-state index < -0.39 is 5.60 Å². The van der Waals surface area contributed by atoms with Gasteiger partial charge in [0.1, 0.15) is 5.82 Å². The van der Waals surface area contributed by atoms with Gasteiger partial charge in [0.05, 0.1) is 12.1 Å². The first-order valence-corrected chi connectivity index (χ1v) is 7.40. The predicted molar refractivity (Wildman–Crippen MR) is 71.4 cm³/mol. The summed E-state index contributed by atoms with van der Waals surface area (Å²) in [6, 6.07) is 0. The lowest BCUT2D eigenvalue weighted by Crippen LogP contribution is -2.38. The number of nitrogens with zero attached hydrogens (tertiary/aromatic N) is 2. The van der Waals surface area contributed by atoms with E-state index in [1.54, 1.807) is 0 Å². The van der Waals surface area contributed by atoms with Crippen LogP contribution in [0.4, 0.5) is 0 Å². The summed E-state index contributed by atoms with van der Waals surface area (Å²) >= 11 is 0. The zero-order chi connectivity index (χ0) is 12.6. The van der Waals surface area contributed by atoms with Crippen molar-refractivity contribution in [3.8, 4) is 0 Å². The van der Waals surface area contributed by atoms with Crippen molar-refractivity contribution < 1.29 is 5.11 Å². The van der Waals surface area contributed by atoms with Crippen LogP contribution in [0.25, 0.3) is 0 Å². The van der Waals surface area contributed by atoms with Crippen LogP contribution in [-0.4, -0.2) is 20.3 Å². The largest absolute Gasteiger partial charge is 0.388 e. The van der Waals surface area contributed by atoms with Gasteiger partial charge in [0, 0.05) is 18.3 Å². The third kappa shape index (κ3) is 2.33. The van der Waals surface area contributed by atoms with E-state index in [4.69, 9.17) is 0 Å². The van der Waals surface area contributed by atoms with Crippen LogP contribution in [0, 0.1) is 5.92 Å². The van der Waals surface area contributed by atoms with E-state index in [-0.39, 0.29) is 0 Å². The van der Waals surface area contributed by atoms with Gasteiger partial charge in [0.25, 0.3) is 0 Å². The van der Waals surface area contributed by atoms with Crippen LogP contribution >= 0.6 is 0 Å². The first-order valence-electron chi connectivity index (χ1n) is 7.40. The van der Waals surface area contributed by atoms with Gasteiger partial charge in [0.2, 0.25) is 0 Å². The molecule has 2 fully saturated rings. The second-order valence-electron chi connectivity index (χ2n) is 6.45. The first kappa shape index (κ1) is 12.2. The molecular weight excluding hydrogens is 224 g/mol. The molecule has 2 aliphatic rings. The topological polar surface area (TPSA) is 38.0 Å². The Kier molecular flexibility index (Phi) is 3.18. The summed E-state index contributed by atoms with van der Waals surface area (Å²) in [4.78, 5) is 4.50. The smallest absolute Gasteiger partial charge is 0.111 e. The minimum absolute atomic E-state index is 0.494. The van der Waals surface area contributed by atoms with E-state index in [2.05, 4.69) is 16.5 Å². The van der Waals surface area contributed by atoms with Gasteiger partial charge in [-0.1, -0.05) is 13.3 Å². The molecule has 0 spiro atoms. The van der Waals surface area contributed by atoms with E-state index in [1.165, 1.54) is 25.1 Å². The number of rotatable bonds is 3. The normalized spacial score (nSPS) is 33.3. The Morgan fingerprint density at radius 3 is 2.67 bits per heavy atom. The summed E-state index contributed by atoms with van der Waals surface area (Å²) in [6.45, 7) is 3.03. The van der Waals surface area contributed by atoms with Gasteiger partial charge < -0.3 is 9.67 Å². The van der Waals surface area contributed by atoms with Gasteiger partial charge in [-0.05, 0) is 44.4 Å². The molecular formula is C15H24N2O. The molecule has 0 aliphatic heterocycles. The molecule has 0 radical (unpaired) electrons. The van der Waals surface area contributed by atoms with Crippen molar-refractivity contribution in [1.29, 1.82) is 0 Å². The fourth-order valence-electron chi connectivity index (χ4n) is 3.26. The number of imidazole rings is 1. The maximum absolute atomic E-state index is 10.7. The number of hydrogen-bond acceptors (Lipinski definition) is 2. The standard InChI is InChI=1S/C15H24N2O/c1-12-5-7-15(18,8-6-12)11-17-10-9-16-14(17)13-3-2-4-13/h9-10,12-13,18H,2-8,11H2,1H3. The molecule has 0 aromatic carbocycles. The van der Waals surface area contributed by atoms with Gasteiger partial charge in [-0.25, -0.2) is 4.98 Å². The molecule has 0 unspecified atom stereocenters. The summed E-state index contributed by atoms with van der Waals surface area (Å²) in [6.07, 6.45) is 12.0. The van der Waals surface area contributed by atoms with E-state index >= 15 is 0 Å². The molecule has 0 amide bonds. The van der Waals surface area contributed by atoms with Crippen LogP contribution in [0.3, 0.4) is 0 Å². The molecule has 100 valence electrons. The van der Waals surface area contributed by atoms with Crippen molar-refractivity contribution in [2.24, 2.45) is 5.92 Å². The molecule has 1 aromatic heterocycles.